The third kappa shape index (κ3) is 3.16. The van der Waals surface area contributed by atoms with Crippen LogP contribution in [0.15, 0.2) is 30.5 Å². The van der Waals surface area contributed by atoms with E-state index >= 15 is 0 Å². The van der Waals surface area contributed by atoms with E-state index in [-0.39, 0.29) is 5.82 Å². The molecule has 0 radical (unpaired) electrons. The topological polar surface area (TPSA) is 53.9 Å². The number of rotatable bonds is 4. The monoisotopic (exact) mass is 301 g/mol. The first-order valence-corrected chi connectivity index (χ1v) is 7.76. The number of piperidine rings is 1. The molecule has 0 saturated carbocycles. The molecule has 1 atom stereocenters. The van der Waals surface area contributed by atoms with Crippen molar-refractivity contribution in [2.75, 3.05) is 16.8 Å². The van der Waals surface area contributed by atoms with E-state index in [4.69, 9.17) is 0 Å². The number of hydrogen-bond acceptors (Lipinski definition) is 5. The number of benzene rings is 1. The fourth-order valence-corrected chi connectivity index (χ4v) is 2.90. The molecule has 5 nitrogen and oxygen atoms in total. The molecule has 6 heteroatoms. The summed E-state index contributed by atoms with van der Waals surface area (Å²) in [5.74, 6) is 0.796. The van der Waals surface area contributed by atoms with Gasteiger partial charge in [0.15, 0.2) is 5.82 Å². The first-order chi connectivity index (χ1) is 10.8. The van der Waals surface area contributed by atoms with E-state index in [0.717, 1.165) is 25.2 Å². The quantitative estimate of drug-likeness (QED) is 0.936. The Bertz CT molecular complexity index is 633. The fourth-order valence-electron chi connectivity index (χ4n) is 2.90. The number of aromatic nitrogens is 3. The Balaban J connectivity index is 1.82. The SMILES string of the molecule is CCC1CCCCN1c1cnnc(Nc2ccccc2F)n1. The maximum Gasteiger partial charge on any atom is 0.249 e. The maximum atomic E-state index is 13.7. The van der Waals surface area contributed by atoms with E-state index in [1.165, 1.54) is 18.9 Å². The summed E-state index contributed by atoms with van der Waals surface area (Å²) in [6.07, 6.45) is 6.36. The highest BCUT2D eigenvalue weighted by Gasteiger charge is 2.22. The van der Waals surface area contributed by atoms with Gasteiger partial charge in [-0.15, -0.1) is 5.10 Å². The Kier molecular flexibility index (Phi) is 4.46. The van der Waals surface area contributed by atoms with Crippen LogP contribution in [0.2, 0.25) is 0 Å². The smallest absolute Gasteiger partial charge is 0.249 e. The summed E-state index contributed by atoms with van der Waals surface area (Å²) in [5.41, 5.74) is 0.354. The molecule has 1 saturated heterocycles. The van der Waals surface area contributed by atoms with Crippen molar-refractivity contribution in [1.29, 1.82) is 0 Å². The molecule has 0 bridgehead atoms. The van der Waals surface area contributed by atoms with Crippen molar-refractivity contribution < 1.29 is 4.39 Å². The van der Waals surface area contributed by atoms with Crippen molar-refractivity contribution in [1.82, 2.24) is 15.2 Å². The predicted octanol–water partition coefficient (Wildman–Crippen LogP) is 3.52. The Morgan fingerprint density at radius 1 is 1.32 bits per heavy atom. The highest BCUT2D eigenvalue weighted by atomic mass is 19.1. The van der Waals surface area contributed by atoms with Crippen LogP contribution in [0, 0.1) is 5.82 Å². The standard InChI is InChI=1S/C16H20FN5/c1-2-12-7-5-6-10-22(12)15-11-18-21-16(20-15)19-14-9-4-3-8-13(14)17/h3-4,8-9,11-12H,2,5-7,10H2,1H3,(H,19,20,21). The number of nitrogens with zero attached hydrogens (tertiary/aromatic N) is 4. The number of hydrogen-bond donors (Lipinski definition) is 1. The van der Waals surface area contributed by atoms with Gasteiger partial charge in [-0.2, -0.15) is 10.1 Å². The zero-order chi connectivity index (χ0) is 15.4. The van der Waals surface area contributed by atoms with Crippen LogP contribution in [0.3, 0.4) is 0 Å². The van der Waals surface area contributed by atoms with Crippen molar-refractivity contribution in [2.45, 2.75) is 38.6 Å². The molecule has 2 heterocycles. The van der Waals surface area contributed by atoms with Crippen LogP contribution in [0.5, 0.6) is 0 Å². The lowest BCUT2D eigenvalue weighted by Crippen LogP contribution is -2.39. The molecule has 1 N–H and O–H groups in total. The molecular formula is C16H20FN5. The van der Waals surface area contributed by atoms with Crippen molar-refractivity contribution in [2.24, 2.45) is 0 Å². The summed E-state index contributed by atoms with van der Waals surface area (Å²) in [5, 5.41) is 10.9. The van der Waals surface area contributed by atoms with E-state index in [2.05, 4.69) is 32.3 Å². The molecule has 0 aliphatic carbocycles. The molecule has 1 aromatic carbocycles. The molecule has 116 valence electrons. The summed E-state index contributed by atoms with van der Waals surface area (Å²) >= 11 is 0. The molecule has 2 aromatic rings. The lowest BCUT2D eigenvalue weighted by Gasteiger charge is -2.35. The summed E-state index contributed by atoms with van der Waals surface area (Å²) in [6.45, 7) is 3.17. The van der Waals surface area contributed by atoms with Gasteiger partial charge in [-0.05, 0) is 37.8 Å². The van der Waals surface area contributed by atoms with E-state index in [1.54, 1.807) is 24.4 Å². The average Bonchev–Trinajstić information content (AvgIpc) is 2.57. The van der Waals surface area contributed by atoms with E-state index in [0.29, 0.717) is 17.7 Å². The minimum atomic E-state index is -0.332. The lowest BCUT2D eigenvalue weighted by molar-refractivity contribution is 0.446. The molecule has 1 aromatic heterocycles. The van der Waals surface area contributed by atoms with Crippen LogP contribution in [-0.4, -0.2) is 27.8 Å². The van der Waals surface area contributed by atoms with Crippen LogP contribution in [0.1, 0.15) is 32.6 Å². The van der Waals surface area contributed by atoms with Gasteiger partial charge in [0.05, 0.1) is 11.9 Å². The third-order valence-electron chi connectivity index (χ3n) is 4.06. The van der Waals surface area contributed by atoms with Crippen molar-refractivity contribution in [3.8, 4) is 0 Å². The molecule has 1 aliphatic rings. The second-order valence-electron chi connectivity index (χ2n) is 5.49. The Morgan fingerprint density at radius 3 is 3.00 bits per heavy atom. The van der Waals surface area contributed by atoms with E-state index in [9.17, 15) is 4.39 Å². The zero-order valence-corrected chi connectivity index (χ0v) is 12.7. The first-order valence-electron chi connectivity index (χ1n) is 7.76. The van der Waals surface area contributed by atoms with Gasteiger partial charge in [0.25, 0.3) is 0 Å². The fraction of sp³-hybridized carbons (Fsp3) is 0.438. The molecular weight excluding hydrogens is 281 g/mol. The zero-order valence-electron chi connectivity index (χ0n) is 12.7. The minimum Gasteiger partial charge on any atom is -0.352 e. The van der Waals surface area contributed by atoms with Crippen LogP contribution in [-0.2, 0) is 0 Å². The number of nitrogens with one attached hydrogen (secondary N) is 1. The summed E-state index contributed by atoms with van der Waals surface area (Å²) in [4.78, 5) is 6.79. The van der Waals surface area contributed by atoms with Crippen molar-refractivity contribution in [3.05, 3.63) is 36.3 Å². The lowest BCUT2D eigenvalue weighted by atomic mass is 10.0. The van der Waals surface area contributed by atoms with Gasteiger partial charge in [-0.1, -0.05) is 19.1 Å². The Labute approximate surface area is 129 Å². The van der Waals surface area contributed by atoms with Gasteiger partial charge >= 0.3 is 0 Å². The van der Waals surface area contributed by atoms with Crippen LogP contribution >= 0.6 is 0 Å². The van der Waals surface area contributed by atoms with Crippen LogP contribution in [0.4, 0.5) is 21.8 Å². The maximum absolute atomic E-state index is 13.7. The van der Waals surface area contributed by atoms with E-state index in [1.807, 2.05) is 0 Å². The van der Waals surface area contributed by atoms with E-state index < -0.39 is 0 Å². The molecule has 1 aliphatic heterocycles. The summed E-state index contributed by atoms with van der Waals surface area (Å²) < 4.78 is 13.7. The van der Waals surface area contributed by atoms with Gasteiger partial charge < -0.3 is 10.2 Å². The average molecular weight is 301 g/mol. The van der Waals surface area contributed by atoms with Crippen LogP contribution in [0.25, 0.3) is 0 Å². The molecule has 0 spiro atoms. The Hall–Kier alpha value is -2.24. The molecule has 3 rings (SSSR count). The van der Waals surface area contributed by atoms with Gasteiger partial charge in [0.2, 0.25) is 5.95 Å². The van der Waals surface area contributed by atoms with Crippen LogP contribution < -0.4 is 10.2 Å². The number of anilines is 3. The van der Waals surface area contributed by atoms with Gasteiger partial charge in [-0.25, -0.2) is 4.39 Å². The predicted molar refractivity (Wildman–Crippen MR) is 84.8 cm³/mol. The van der Waals surface area contributed by atoms with Gasteiger partial charge in [-0.3, -0.25) is 0 Å². The van der Waals surface area contributed by atoms with Crippen molar-refractivity contribution in [3.63, 3.8) is 0 Å². The summed E-state index contributed by atoms with van der Waals surface area (Å²) in [6, 6.07) is 6.96. The van der Waals surface area contributed by atoms with Gasteiger partial charge in [0.1, 0.15) is 5.82 Å². The first kappa shape index (κ1) is 14.7. The normalized spacial score (nSPS) is 18.3. The molecule has 1 unspecified atom stereocenters. The second kappa shape index (κ2) is 6.68. The molecule has 0 amide bonds. The highest BCUT2D eigenvalue weighted by molar-refractivity contribution is 5.55. The highest BCUT2D eigenvalue weighted by Crippen LogP contribution is 2.25. The summed E-state index contributed by atoms with van der Waals surface area (Å²) in [7, 11) is 0. The largest absolute Gasteiger partial charge is 0.352 e. The number of halogens is 1. The Morgan fingerprint density at radius 2 is 2.18 bits per heavy atom. The number of para-hydroxylation sites is 1. The van der Waals surface area contributed by atoms with Gasteiger partial charge in [0, 0.05) is 12.6 Å². The minimum absolute atomic E-state index is 0.322. The second-order valence-corrected chi connectivity index (χ2v) is 5.49. The molecule has 22 heavy (non-hydrogen) atoms. The molecule has 1 fully saturated rings. The third-order valence-corrected chi connectivity index (χ3v) is 4.06. The van der Waals surface area contributed by atoms with Crippen molar-refractivity contribution >= 4 is 17.5 Å².